The Kier molecular flexibility index (Phi) is 4.95. The molecule has 1 amide bonds. The number of hydrogen-bond donors (Lipinski definition) is 2. The van der Waals surface area contributed by atoms with Gasteiger partial charge in [-0.05, 0) is 0 Å². The molecule has 1 aliphatic rings. The largest absolute Gasteiger partial charge is 0.411 e. The first-order valence-electron chi connectivity index (χ1n) is 4.58. The number of morpholine rings is 1. The van der Waals surface area contributed by atoms with Crippen LogP contribution in [0.3, 0.4) is 0 Å². The Labute approximate surface area is 82.5 Å². The van der Waals surface area contributed by atoms with Crippen molar-refractivity contribution in [2.45, 2.75) is 0 Å². The van der Waals surface area contributed by atoms with Crippen molar-refractivity contribution >= 4 is 12.1 Å². The van der Waals surface area contributed by atoms with Gasteiger partial charge >= 0.3 is 0 Å². The van der Waals surface area contributed by atoms with E-state index in [0.717, 1.165) is 39.1 Å². The lowest BCUT2D eigenvalue weighted by Gasteiger charge is -2.26. The van der Waals surface area contributed by atoms with Crippen LogP contribution in [0.15, 0.2) is 5.16 Å². The zero-order valence-corrected chi connectivity index (χ0v) is 7.98. The van der Waals surface area contributed by atoms with Crippen molar-refractivity contribution < 1.29 is 14.7 Å². The van der Waals surface area contributed by atoms with E-state index in [0.29, 0.717) is 6.54 Å². The predicted octanol–water partition coefficient (Wildman–Crippen LogP) is -1.11. The van der Waals surface area contributed by atoms with Crippen LogP contribution in [0.5, 0.6) is 0 Å². The maximum atomic E-state index is 10.8. The highest BCUT2D eigenvalue weighted by atomic mass is 16.5. The fourth-order valence-electron chi connectivity index (χ4n) is 1.26. The van der Waals surface area contributed by atoms with Gasteiger partial charge in [0.15, 0.2) is 0 Å². The molecule has 1 heterocycles. The van der Waals surface area contributed by atoms with Gasteiger partial charge in [-0.25, -0.2) is 0 Å². The van der Waals surface area contributed by atoms with Gasteiger partial charge in [0.05, 0.1) is 13.2 Å². The minimum atomic E-state index is -0.374. The Bertz CT molecular complexity index is 202. The van der Waals surface area contributed by atoms with Gasteiger partial charge < -0.3 is 15.3 Å². The second-order valence-corrected chi connectivity index (χ2v) is 2.99. The average molecular weight is 201 g/mol. The topological polar surface area (TPSA) is 74.2 Å². The second kappa shape index (κ2) is 6.33. The predicted molar refractivity (Wildman–Crippen MR) is 50.5 cm³/mol. The Balaban J connectivity index is 2.05. The second-order valence-electron chi connectivity index (χ2n) is 2.99. The molecular formula is C8H15N3O3. The summed E-state index contributed by atoms with van der Waals surface area (Å²) in [7, 11) is 0. The van der Waals surface area contributed by atoms with Gasteiger partial charge in [0, 0.05) is 26.2 Å². The molecule has 0 saturated carbocycles. The minimum Gasteiger partial charge on any atom is -0.411 e. The monoisotopic (exact) mass is 201 g/mol. The van der Waals surface area contributed by atoms with E-state index in [1.165, 1.54) is 0 Å². The lowest BCUT2D eigenvalue weighted by atomic mass is 10.4. The molecule has 2 N–H and O–H groups in total. The number of oxime groups is 1. The fraction of sp³-hybridized carbons (Fsp3) is 0.750. The van der Waals surface area contributed by atoms with E-state index in [2.05, 4.69) is 15.4 Å². The van der Waals surface area contributed by atoms with Crippen molar-refractivity contribution in [1.29, 1.82) is 0 Å². The van der Waals surface area contributed by atoms with Crippen LogP contribution in [0.4, 0.5) is 0 Å². The van der Waals surface area contributed by atoms with Crippen LogP contribution in [0.1, 0.15) is 0 Å². The van der Waals surface area contributed by atoms with Crippen LogP contribution in [0.25, 0.3) is 0 Å². The fourth-order valence-corrected chi connectivity index (χ4v) is 1.26. The van der Waals surface area contributed by atoms with Crippen molar-refractivity contribution in [3.8, 4) is 0 Å². The summed E-state index contributed by atoms with van der Waals surface area (Å²) in [6, 6.07) is 0. The molecule has 0 aromatic heterocycles. The molecule has 0 radical (unpaired) electrons. The van der Waals surface area contributed by atoms with Crippen molar-refractivity contribution in [1.82, 2.24) is 10.2 Å². The number of nitrogens with one attached hydrogen (secondary N) is 1. The van der Waals surface area contributed by atoms with Crippen LogP contribution in [0.2, 0.25) is 0 Å². The Morgan fingerprint density at radius 1 is 1.57 bits per heavy atom. The molecule has 6 nitrogen and oxygen atoms in total. The molecule has 0 bridgehead atoms. The van der Waals surface area contributed by atoms with Crippen LogP contribution in [0, 0.1) is 0 Å². The smallest absolute Gasteiger partial charge is 0.265 e. The van der Waals surface area contributed by atoms with Crippen LogP contribution < -0.4 is 5.32 Å². The van der Waals surface area contributed by atoms with Gasteiger partial charge in [0.25, 0.3) is 5.91 Å². The number of ether oxygens (including phenoxy) is 1. The molecule has 1 saturated heterocycles. The number of amides is 1. The van der Waals surface area contributed by atoms with Crippen molar-refractivity contribution in [2.75, 3.05) is 39.4 Å². The highest BCUT2D eigenvalue weighted by Gasteiger charge is 2.09. The van der Waals surface area contributed by atoms with E-state index in [9.17, 15) is 4.79 Å². The minimum absolute atomic E-state index is 0.374. The standard InChI is InChI=1S/C8H15N3O3/c12-8(7-10-13)9-1-2-11-3-5-14-6-4-11/h7,13H,1-6H2,(H,9,12)/b10-7+. The third-order valence-electron chi connectivity index (χ3n) is 2.01. The first-order chi connectivity index (χ1) is 6.83. The lowest BCUT2D eigenvalue weighted by molar-refractivity contribution is -0.114. The van der Waals surface area contributed by atoms with Gasteiger partial charge in [0.2, 0.25) is 0 Å². The molecule has 0 spiro atoms. The third kappa shape index (κ3) is 4.20. The van der Waals surface area contributed by atoms with Crippen LogP contribution >= 0.6 is 0 Å². The van der Waals surface area contributed by atoms with E-state index in [1.54, 1.807) is 0 Å². The number of carbonyl (C=O) groups is 1. The molecule has 0 atom stereocenters. The highest BCUT2D eigenvalue weighted by Crippen LogP contribution is 1.94. The van der Waals surface area contributed by atoms with Gasteiger partial charge in [-0.15, -0.1) is 0 Å². The molecule has 14 heavy (non-hydrogen) atoms. The van der Waals surface area contributed by atoms with Crippen molar-refractivity contribution in [2.24, 2.45) is 5.16 Å². The zero-order valence-electron chi connectivity index (χ0n) is 7.98. The maximum absolute atomic E-state index is 10.8. The number of hydrogen-bond acceptors (Lipinski definition) is 5. The molecular weight excluding hydrogens is 186 g/mol. The van der Waals surface area contributed by atoms with E-state index in [-0.39, 0.29) is 5.91 Å². The van der Waals surface area contributed by atoms with E-state index >= 15 is 0 Å². The molecule has 6 heteroatoms. The van der Waals surface area contributed by atoms with E-state index in [1.807, 2.05) is 0 Å². The molecule has 1 fully saturated rings. The highest BCUT2D eigenvalue weighted by molar-refractivity contribution is 6.25. The molecule has 0 aromatic rings. The first-order valence-corrected chi connectivity index (χ1v) is 4.58. The summed E-state index contributed by atoms with van der Waals surface area (Å²) < 4.78 is 5.18. The molecule has 1 aliphatic heterocycles. The summed E-state index contributed by atoms with van der Waals surface area (Å²) in [5.41, 5.74) is 0. The third-order valence-corrected chi connectivity index (χ3v) is 2.01. The summed E-state index contributed by atoms with van der Waals surface area (Å²) in [5, 5.41) is 13.3. The molecule has 0 aromatic carbocycles. The van der Waals surface area contributed by atoms with Gasteiger partial charge in [0.1, 0.15) is 6.21 Å². The number of nitrogens with zero attached hydrogens (tertiary/aromatic N) is 2. The van der Waals surface area contributed by atoms with Crippen molar-refractivity contribution in [3.63, 3.8) is 0 Å². The average Bonchev–Trinajstić information content (AvgIpc) is 2.20. The summed E-state index contributed by atoms with van der Waals surface area (Å²) in [6.07, 6.45) is 0.847. The Morgan fingerprint density at radius 3 is 2.93 bits per heavy atom. The van der Waals surface area contributed by atoms with E-state index in [4.69, 9.17) is 9.94 Å². The molecule has 80 valence electrons. The lowest BCUT2D eigenvalue weighted by Crippen LogP contribution is -2.41. The summed E-state index contributed by atoms with van der Waals surface area (Å²) in [4.78, 5) is 13.0. The maximum Gasteiger partial charge on any atom is 0.265 e. The molecule has 1 rings (SSSR count). The zero-order chi connectivity index (χ0) is 10.2. The molecule has 0 aliphatic carbocycles. The van der Waals surface area contributed by atoms with Gasteiger partial charge in [-0.1, -0.05) is 5.16 Å². The first kappa shape index (κ1) is 10.9. The number of rotatable bonds is 4. The Hall–Kier alpha value is -1.14. The number of carbonyl (C=O) groups excluding carboxylic acids is 1. The van der Waals surface area contributed by atoms with Crippen LogP contribution in [-0.4, -0.2) is 61.6 Å². The summed E-state index contributed by atoms with van der Waals surface area (Å²) >= 11 is 0. The van der Waals surface area contributed by atoms with Crippen molar-refractivity contribution in [3.05, 3.63) is 0 Å². The summed E-state index contributed by atoms with van der Waals surface area (Å²) in [5.74, 6) is -0.374. The van der Waals surface area contributed by atoms with Gasteiger partial charge in [-0.3, -0.25) is 9.69 Å². The van der Waals surface area contributed by atoms with Crippen LogP contribution in [-0.2, 0) is 9.53 Å². The molecule has 0 unspecified atom stereocenters. The normalized spacial score (nSPS) is 18.6. The SMILES string of the molecule is O=C(/C=N/O)NCCN1CCOCC1. The summed E-state index contributed by atoms with van der Waals surface area (Å²) in [6.45, 7) is 4.69. The quantitative estimate of drug-likeness (QED) is 0.344. The van der Waals surface area contributed by atoms with E-state index < -0.39 is 0 Å². The van der Waals surface area contributed by atoms with Gasteiger partial charge in [-0.2, -0.15) is 0 Å². The Morgan fingerprint density at radius 2 is 2.29 bits per heavy atom.